The molecule has 15 nitrogen and oxygen atoms in total. The molecule has 0 aliphatic heterocycles. The van der Waals surface area contributed by atoms with Gasteiger partial charge in [0.1, 0.15) is 36.3 Å². The smallest absolute Gasteiger partial charge is 0.243 e. The van der Waals surface area contributed by atoms with Crippen molar-refractivity contribution in [3.63, 3.8) is 0 Å². The van der Waals surface area contributed by atoms with E-state index in [-0.39, 0.29) is 35.5 Å². The van der Waals surface area contributed by atoms with Gasteiger partial charge in [-0.2, -0.15) is 0 Å². The second kappa shape index (κ2) is 25.8. The zero-order valence-corrected chi connectivity index (χ0v) is 37.0. The Labute approximate surface area is 346 Å². The molecule has 0 aliphatic rings. The van der Waals surface area contributed by atoms with Crippen LogP contribution in [0.1, 0.15) is 114 Å². The van der Waals surface area contributed by atoms with Crippen molar-refractivity contribution in [3.05, 3.63) is 35.9 Å². The van der Waals surface area contributed by atoms with Crippen molar-refractivity contribution in [3.8, 4) is 0 Å². The molecule has 58 heavy (non-hydrogen) atoms. The van der Waals surface area contributed by atoms with E-state index in [0.717, 1.165) is 5.56 Å². The number of rotatable bonds is 25. The van der Waals surface area contributed by atoms with Crippen LogP contribution in [-0.4, -0.2) is 90.2 Å². The normalized spacial score (nSPS) is 17.0. The van der Waals surface area contributed by atoms with Crippen molar-refractivity contribution in [1.29, 1.82) is 0 Å². The van der Waals surface area contributed by atoms with E-state index in [2.05, 4.69) is 37.2 Å². The minimum absolute atomic E-state index is 0.145. The lowest BCUT2D eigenvalue weighted by Crippen LogP contribution is -2.62. The van der Waals surface area contributed by atoms with Crippen LogP contribution in [0.15, 0.2) is 30.3 Å². The molecule has 11 atom stereocenters. The van der Waals surface area contributed by atoms with Crippen molar-refractivity contribution >= 4 is 41.4 Å². The van der Waals surface area contributed by atoms with Gasteiger partial charge in [0.15, 0.2) is 0 Å². The number of benzene rings is 1. The van der Waals surface area contributed by atoms with E-state index in [1.54, 1.807) is 34.6 Å². The van der Waals surface area contributed by atoms with Gasteiger partial charge in [-0.1, -0.05) is 125 Å². The van der Waals surface area contributed by atoms with Gasteiger partial charge in [-0.3, -0.25) is 33.6 Å². The second-order valence-electron chi connectivity index (χ2n) is 16.2. The molecule has 1 aromatic rings. The molecule has 0 saturated heterocycles. The van der Waals surface area contributed by atoms with Gasteiger partial charge in [-0.15, -0.1) is 0 Å². The van der Waals surface area contributed by atoms with Crippen molar-refractivity contribution in [2.75, 3.05) is 6.54 Å². The fourth-order valence-electron chi connectivity index (χ4n) is 5.99. The van der Waals surface area contributed by atoms with E-state index in [9.17, 15) is 33.6 Å². The molecule has 0 unspecified atom stereocenters. The molecule has 328 valence electrons. The maximum Gasteiger partial charge on any atom is 0.243 e. The van der Waals surface area contributed by atoms with Gasteiger partial charge < -0.3 is 43.0 Å². The van der Waals surface area contributed by atoms with Crippen molar-refractivity contribution < 1.29 is 33.6 Å². The first-order valence-electron chi connectivity index (χ1n) is 21.1. The van der Waals surface area contributed by atoms with Crippen molar-refractivity contribution in [2.45, 2.75) is 157 Å². The molecule has 7 amide bonds. The molecular weight excluding hydrogens is 741 g/mol. The molecule has 0 heterocycles. The van der Waals surface area contributed by atoms with Crippen LogP contribution in [-0.2, 0) is 40.0 Å². The lowest BCUT2D eigenvalue weighted by molar-refractivity contribution is -0.137. The third kappa shape index (κ3) is 16.4. The Bertz CT molecular complexity index is 1490. The molecule has 1 rings (SSSR count). The van der Waals surface area contributed by atoms with Crippen molar-refractivity contribution in [1.82, 2.24) is 37.2 Å². The van der Waals surface area contributed by atoms with Gasteiger partial charge in [-0.25, -0.2) is 0 Å². The number of hydrogen-bond acceptors (Lipinski definition) is 8. The Balaban J connectivity index is 3.17. The highest BCUT2D eigenvalue weighted by Gasteiger charge is 2.37. The summed E-state index contributed by atoms with van der Waals surface area (Å²) in [6.45, 7) is 21.8. The molecule has 0 aliphatic carbocycles. The van der Waals surface area contributed by atoms with E-state index in [1.807, 2.05) is 71.9 Å². The average molecular weight is 815 g/mol. The lowest BCUT2D eigenvalue weighted by atomic mass is 9.92. The van der Waals surface area contributed by atoms with Crippen LogP contribution in [0, 0.1) is 29.6 Å². The van der Waals surface area contributed by atoms with Gasteiger partial charge >= 0.3 is 0 Å². The highest BCUT2D eigenvalue weighted by molar-refractivity contribution is 5.97. The maximum absolute atomic E-state index is 14.1. The van der Waals surface area contributed by atoms with E-state index in [4.69, 9.17) is 5.73 Å². The zero-order chi connectivity index (χ0) is 44.3. The molecule has 0 radical (unpaired) electrons. The number of carbonyl (C=O) groups excluding carboxylic acids is 7. The fourth-order valence-corrected chi connectivity index (χ4v) is 5.99. The summed E-state index contributed by atoms with van der Waals surface area (Å²) in [5.74, 6) is -5.23. The number of hydrogen-bond donors (Lipinski definition) is 8. The molecule has 1 aromatic carbocycles. The molecular formula is C43H74N8O7. The van der Waals surface area contributed by atoms with Gasteiger partial charge in [-0.05, 0) is 55.4 Å². The summed E-state index contributed by atoms with van der Waals surface area (Å²) in [6, 6.07) is 2.87. The average Bonchev–Trinajstić information content (AvgIpc) is 3.20. The standard InChI is InChI=1S/C43H74N8O7/c1-13-25(7)33(40(55)47-29(11)37(52)45-23-22-31-20-18-17-19-21-31)49-42(57)35(27(9)15-3)51-43(58)36(28(10)16-4)50-41(56)34(26(8)14-2)48-38(53)30(12)46-39(54)32(44)24(5)6/h17-21,24-30,32-36H,13-16,22-23,44H2,1-12H3,(H,45,52)(H,46,54)(H,47,55)(H,48,53)(H,49,57)(H,50,56)(H,51,58)/t25-,26-,27-,28-,29-,30-,32-,33-,34-,35-,36-/m0/s1. The largest absolute Gasteiger partial charge is 0.354 e. The number of nitrogens with one attached hydrogen (secondary N) is 7. The highest BCUT2D eigenvalue weighted by Crippen LogP contribution is 2.16. The molecule has 15 heteroatoms. The first-order chi connectivity index (χ1) is 27.2. The van der Waals surface area contributed by atoms with Crippen LogP contribution in [0.2, 0.25) is 0 Å². The monoisotopic (exact) mass is 815 g/mol. The van der Waals surface area contributed by atoms with Crippen LogP contribution >= 0.6 is 0 Å². The fraction of sp³-hybridized carbons (Fsp3) is 0.698. The number of amides is 7. The predicted molar refractivity (Wildman–Crippen MR) is 227 cm³/mol. The summed E-state index contributed by atoms with van der Waals surface area (Å²) >= 11 is 0. The lowest BCUT2D eigenvalue weighted by Gasteiger charge is -2.32. The summed E-state index contributed by atoms with van der Waals surface area (Å²) in [5, 5.41) is 19.5. The highest BCUT2D eigenvalue weighted by atomic mass is 16.2. The first kappa shape index (κ1) is 51.5. The third-order valence-electron chi connectivity index (χ3n) is 11.3. The zero-order valence-electron chi connectivity index (χ0n) is 37.0. The second-order valence-corrected chi connectivity index (χ2v) is 16.2. The molecule has 0 fully saturated rings. The Morgan fingerprint density at radius 1 is 0.466 bits per heavy atom. The van der Waals surface area contributed by atoms with Crippen LogP contribution in [0.3, 0.4) is 0 Å². The Morgan fingerprint density at radius 2 is 0.793 bits per heavy atom. The van der Waals surface area contributed by atoms with Crippen LogP contribution < -0.4 is 43.0 Å². The maximum atomic E-state index is 14.1. The Hall–Kier alpha value is -4.53. The van der Waals surface area contributed by atoms with Crippen molar-refractivity contribution in [2.24, 2.45) is 35.3 Å². The number of nitrogens with two attached hydrogens (primary N) is 1. The van der Waals surface area contributed by atoms with Crippen LogP contribution in [0.4, 0.5) is 0 Å². The molecule has 0 spiro atoms. The molecule has 0 aromatic heterocycles. The van der Waals surface area contributed by atoms with Gasteiger partial charge in [0.25, 0.3) is 0 Å². The Kier molecular flexibility index (Phi) is 22.9. The van der Waals surface area contributed by atoms with E-state index in [0.29, 0.717) is 38.6 Å². The quantitative estimate of drug-likeness (QED) is 0.0730. The summed E-state index contributed by atoms with van der Waals surface area (Å²) in [5.41, 5.74) is 7.01. The van der Waals surface area contributed by atoms with E-state index < -0.39 is 77.7 Å². The molecule has 9 N–H and O–H groups in total. The van der Waals surface area contributed by atoms with Crippen LogP contribution in [0.5, 0.6) is 0 Å². The summed E-state index contributed by atoms with van der Waals surface area (Å²) in [6.07, 6.45) is 2.72. The number of carbonyl (C=O) groups is 7. The minimum Gasteiger partial charge on any atom is -0.354 e. The minimum atomic E-state index is -1.07. The SMILES string of the molecule is CC[C@H](C)[C@H](NC(=O)[C@H](C)NC(=O)[C@@H](N)C(C)C)C(=O)N[C@H](C(=O)N[C@H](C(=O)N[C@H](C(=O)N[C@@H](C)C(=O)NCCc1ccccc1)[C@@H](C)CC)[C@@H](C)CC)[C@@H](C)CC. The van der Waals surface area contributed by atoms with Gasteiger partial charge in [0, 0.05) is 6.54 Å². The summed E-state index contributed by atoms with van der Waals surface area (Å²) in [7, 11) is 0. The van der Waals surface area contributed by atoms with E-state index >= 15 is 0 Å². The van der Waals surface area contributed by atoms with Crippen LogP contribution in [0.25, 0.3) is 0 Å². The molecule has 0 saturated carbocycles. The Morgan fingerprint density at radius 3 is 1.16 bits per heavy atom. The summed E-state index contributed by atoms with van der Waals surface area (Å²) < 4.78 is 0. The topological polar surface area (TPSA) is 230 Å². The summed E-state index contributed by atoms with van der Waals surface area (Å²) in [4.78, 5) is 94.2. The van der Waals surface area contributed by atoms with E-state index in [1.165, 1.54) is 6.92 Å². The first-order valence-corrected chi connectivity index (χ1v) is 21.1. The van der Waals surface area contributed by atoms with Gasteiger partial charge in [0.2, 0.25) is 41.4 Å². The predicted octanol–water partition coefficient (Wildman–Crippen LogP) is 2.46. The third-order valence-corrected chi connectivity index (χ3v) is 11.3. The van der Waals surface area contributed by atoms with Gasteiger partial charge in [0.05, 0.1) is 6.04 Å². The molecule has 0 bridgehead atoms.